The Labute approximate surface area is 112 Å². The molecule has 0 aromatic heterocycles. The van der Waals surface area contributed by atoms with Crippen LogP contribution in [0.4, 0.5) is 0 Å². The lowest BCUT2D eigenvalue weighted by molar-refractivity contribution is 0.0658. The summed E-state index contributed by atoms with van der Waals surface area (Å²) >= 11 is 0. The van der Waals surface area contributed by atoms with Crippen molar-refractivity contribution in [2.75, 3.05) is 13.7 Å². The molecule has 2 atom stereocenters. The van der Waals surface area contributed by atoms with Crippen molar-refractivity contribution in [2.24, 2.45) is 0 Å². The van der Waals surface area contributed by atoms with Gasteiger partial charge in [0.2, 0.25) is 0 Å². The molecule has 2 unspecified atom stereocenters. The summed E-state index contributed by atoms with van der Waals surface area (Å²) in [7, 11) is 1.81. The van der Waals surface area contributed by atoms with Crippen LogP contribution >= 0.6 is 0 Å². The van der Waals surface area contributed by atoms with Crippen molar-refractivity contribution >= 4 is 0 Å². The molecule has 0 radical (unpaired) electrons. The van der Waals surface area contributed by atoms with Gasteiger partial charge >= 0.3 is 0 Å². The van der Waals surface area contributed by atoms with Gasteiger partial charge in [-0.05, 0) is 44.4 Å². The molecule has 0 aliphatic heterocycles. The van der Waals surface area contributed by atoms with Crippen LogP contribution in [-0.2, 0) is 11.2 Å². The standard InChI is InChI=1S/C16H27NO/c1-6-16(18-5)15(17-7-2)11-14-10-12(3)8-9-13(14)4/h8-10,15-17H,6-7,11H2,1-5H3. The van der Waals surface area contributed by atoms with E-state index in [-0.39, 0.29) is 6.10 Å². The Bertz CT molecular complexity index is 358. The molecular formula is C16H27NO. The summed E-state index contributed by atoms with van der Waals surface area (Å²) in [5.41, 5.74) is 4.13. The normalized spacial score (nSPS) is 14.5. The number of ether oxygens (including phenoxy) is 1. The zero-order valence-electron chi connectivity index (χ0n) is 12.4. The van der Waals surface area contributed by atoms with Crippen molar-refractivity contribution in [2.45, 2.75) is 52.7 Å². The van der Waals surface area contributed by atoms with E-state index in [0.717, 1.165) is 19.4 Å². The van der Waals surface area contributed by atoms with E-state index in [0.29, 0.717) is 6.04 Å². The largest absolute Gasteiger partial charge is 0.380 e. The molecule has 0 spiro atoms. The number of nitrogens with one attached hydrogen (secondary N) is 1. The van der Waals surface area contributed by atoms with Gasteiger partial charge in [0.15, 0.2) is 0 Å². The van der Waals surface area contributed by atoms with Crippen LogP contribution in [0.3, 0.4) is 0 Å². The van der Waals surface area contributed by atoms with Crippen LogP contribution in [-0.4, -0.2) is 25.8 Å². The molecule has 0 saturated heterocycles. The molecule has 0 bridgehead atoms. The summed E-state index contributed by atoms with van der Waals surface area (Å²) in [4.78, 5) is 0. The molecule has 1 aromatic carbocycles. The number of hydrogen-bond acceptors (Lipinski definition) is 2. The Hall–Kier alpha value is -0.860. The third-order valence-corrected chi connectivity index (χ3v) is 3.56. The van der Waals surface area contributed by atoms with Gasteiger partial charge in [0.05, 0.1) is 6.10 Å². The minimum absolute atomic E-state index is 0.282. The van der Waals surface area contributed by atoms with Crippen molar-refractivity contribution < 1.29 is 4.74 Å². The fraction of sp³-hybridized carbons (Fsp3) is 0.625. The summed E-state index contributed by atoms with van der Waals surface area (Å²) in [5.74, 6) is 0. The minimum Gasteiger partial charge on any atom is -0.380 e. The topological polar surface area (TPSA) is 21.3 Å². The Balaban J connectivity index is 2.85. The van der Waals surface area contributed by atoms with E-state index >= 15 is 0 Å². The zero-order chi connectivity index (χ0) is 13.5. The van der Waals surface area contributed by atoms with Gasteiger partial charge in [-0.3, -0.25) is 0 Å². The van der Waals surface area contributed by atoms with E-state index in [9.17, 15) is 0 Å². The Morgan fingerprint density at radius 2 is 1.94 bits per heavy atom. The van der Waals surface area contributed by atoms with Gasteiger partial charge in [0.25, 0.3) is 0 Å². The Morgan fingerprint density at radius 3 is 2.50 bits per heavy atom. The maximum atomic E-state index is 5.59. The van der Waals surface area contributed by atoms with Crippen molar-refractivity contribution in [3.05, 3.63) is 34.9 Å². The smallest absolute Gasteiger partial charge is 0.0724 e. The molecule has 102 valence electrons. The average Bonchev–Trinajstić information content (AvgIpc) is 2.35. The van der Waals surface area contributed by atoms with Crippen LogP contribution in [0.5, 0.6) is 0 Å². The maximum absolute atomic E-state index is 5.59. The second-order valence-electron chi connectivity index (χ2n) is 4.98. The van der Waals surface area contributed by atoms with E-state index in [2.05, 4.69) is 51.2 Å². The van der Waals surface area contributed by atoms with Gasteiger partial charge < -0.3 is 10.1 Å². The van der Waals surface area contributed by atoms with Crippen LogP contribution in [0, 0.1) is 13.8 Å². The first-order valence-electron chi connectivity index (χ1n) is 6.94. The first-order valence-corrected chi connectivity index (χ1v) is 6.94. The molecule has 0 heterocycles. The SMILES string of the molecule is CCNC(Cc1cc(C)ccc1C)C(CC)OC. The summed E-state index contributed by atoms with van der Waals surface area (Å²) in [6, 6.07) is 7.07. The van der Waals surface area contributed by atoms with Crippen LogP contribution in [0.2, 0.25) is 0 Å². The van der Waals surface area contributed by atoms with Gasteiger partial charge in [-0.25, -0.2) is 0 Å². The molecule has 0 saturated carbocycles. The van der Waals surface area contributed by atoms with Crippen molar-refractivity contribution in [1.82, 2.24) is 5.32 Å². The third-order valence-electron chi connectivity index (χ3n) is 3.56. The number of hydrogen-bond donors (Lipinski definition) is 1. The average molecular weight is 249 g/mol. The first kappa shape index (κ1) is 15.2. The zero-order valence-corrected chi connectivity index (χ0v) is 12.4. The van der Waals surface area contributed by atoms with Gasteiger partial charge in [0, 0.05) is 13.2 Å². The maximum Gasteiger partial charge on any atom is 0.0724 e. The highest BCUT2D eigenvalue weighted by atomic mass is 16.5. The summed E-state index contributed by atoms with van der Waals surface area (Å²) in [5, 5.41) is 3.55. The van der Waals surface area contributed by atoms with E-state index in [1.165, 1.54) is 16.7 Å². The monoisotopic (exact) mass is 249 g/mol. The first-order chi connectivity index (χ1) is 8.62. The molecule has 18 heavy (non-hydrogen) atoms. The second-order valence-corrected chi connectivity index (χ2v) is 4.98. The number of methoxy groups -OCH3 is 1. The molecule has 2 heteroatoms. The molecule has 0 aliphatic carbocycles. The fourth-order valence-electron chi connectivity index (χ4n) is 2.47. The highest BCUT2D eigenvalue weighted by Crippen LogP contribution is 2.16. The van der Waals surface area contributed by atoms with Crippen molar-refractivity contribution in [3.8, 4) is 0 Å². The summed E-state index contributed by atoms with van der Waals surface area (Å²) in [6.45, 7) is 9.65. The lowest BCUT2D eigenvalue weighted by Gasteiger charge is -2.26. The Morgan fingerprint density at radius 1 is 1.22 bits per heavy atom. The quantitative estimate of drug-likeness (QED) is 0.801. The van der Waals surface area contributed by atoms with Crippen LogP contribution in [0.1, 0.15) is 37.0 Å². The molecule has 2 nitrogen and oxygen atoms in total. The highest BCUT2D eigenvalue weighted by molar-refractivity contribution is 5.31. The molecule has 1 aromatic rings. The van der Waals surface area contributed by atoms with Crippen molar-refractivity contribution in [3.63, 3.8) is 0 Å². The molecule has 0 aliphatic rings. The van der Waals surface area contributed by atoms with E-state index in [4.69, 9.17) is 4.74 Å². The lowest BCUT2D eigenvalue weighted by Crippen LogP contribution is -2.42. The molecule has 1 N–H and O–H groups in total. The molecule has 0 fully saturated rings. The van der Waals surface area contributed by atoms with E-state index in [1.807, 2.05) is 7.11 Å². The third kappa shape index (κ3) is 4.11. The van der Waals surface area contributed by atoms with E-state index < -0.39 is 0 Å². The lowest BCUT2D eigenvalue weighted by atomic mass is 9.95. The highest BCUT2D eigenvalue weighted by Gasteiger charge is 2.19. The summed E-state index contributed by atoms with van der Waals surface area (Å²) < 4.78 is 5.59. The van der Waals surface area contributed by atoms with Gasteiger partial charge in [-0.2, -0.15) is 0 Å². The second kappa shape index (κ2) is 7.55. The minimum atomic E-state index is 0.282. The predicted molar refractivity (Wildman–Crippen MR) is 78.2 cm³/mol. The van der Waals surface area contributed by atoms with Crippen LogP contribution in [0.25, 0.3) is 0 Å². The fourth-order valence-corrected chi connectivity index (χ4v) is 2.47. The Kier molecular flexibility index (Phi) is 6.37. The van der Waals surface area contributed by atoms with E-state index in [1.54, 1.807) is 0 Å². The number of aryl methyl sites for hydroxylation is 2. The molecular weight excluding hydrogens is 222 g/mol. The van der Waals surface area contributed by atoms with Crippen LogP contribution < -0.4 is 5.32 Å². The van der Waals surface area contributed by atoms with Crippen LogP contribution in [0.15, 0.2) is 18.2 Å². The van der Waals surface area contributed by atoms with Gasteiger partial charge in [0.1, 0.15) is 0 Å². The number of benzene rings is 1. The molecule has 0 amide bonds. The summed E-state index contributed by atoms with van der Waals surface area (Å²) in [6.07, 6.45) is 2.36. The number of likely N-dealkylation sites (N-methyl/N-ethyl adjacent to an activating group) is 1. The predicted octanol–water partition coefficient (Wildman–Crippen LogP) is 3.25. The number of rotatable bonds is 7. The van der Waals surface area contributed by atoms with Gasteiger partial charge in [-0.15, -0.1) is 0 Å². The molecule has 1 rings (SSSR count). The van der Waals surface area contributed by atoms with Gasteiger partial charge in [-0.1, -0.05) is 37.6 Å². The van der Waals surface area contributed by atoms with Crippen molar-refractivity contribution in [1.29, 1.82) is 0 Å².